The molecule has 0 saturated carbocycles. The first-order chi connectivity index (χ1) is 9.94. The number of methoxy groups -OCH3 is 1. The van der Waals surface area contributed by atoms with Crippen LogP contribution >= 0.6 is 11.3 Å². The summed E-state index contributed by atoms with van der Waals surface area (Å²) >= 11 is 0.867. The number of ether oxygens (including phenoxy) is 1. The maximum absolute atomic E-state index is 12.1. The fourth-order valence-electron chi connectivity index (χ4n) is 1.43. The zero-order chi connectivity index (χ0) is 15.5. The van der Waals surface area contributed by atoms with Crippen LogP contribution in [0.15, 0.2) is 28.7 Å². The number of thiophene rings is 1. The Morgan fingerprint density at radius 1 is 1.57 bits per heavy atom. The van der Waals surface area contributed by atoms with E-state index in [9.17, 15) is 13.2 Å². The predicted octanol–water partition coefficient (Wildman–Crippen LogP) is 0.790. The fourth-order valence-corrected chi connectivity index (χ4v) is 3.56. The van der Waals surface area contributed by atoms with Crippen LogP contribution in [-0.4, -0.2) is 31.3 Å². The van der Waals surface area contributed by atoms with Crippen LogP contribution in [0.25, 0.3) is 0 Å². The molecule has 0 aliphatic rings. The minimum atomic E-state index is -3.78. The first-order valence-electron chi connectivity index (χ1n) is 5.56. The van der Waals surface area contributed by atoms with Crippen LogP contribution in [0.2, 0.25) is 0 Å². The van der Waals surface area contributed by atoms with Gasteiger partial charge in [0, 0.05) is 6.20 Å². The van der Waals surface area contributed by atoms with Gasteiger partial charge >= 0.3 is 5.97 Å². The molecule has 0 fully saturated rings. The smallest absolute Gasteiger partial charge is 0.327 e. The third kappa shape index (κ3) is 3.59. The van der Waals surface area contributed by atoms with Gasteiger partial charge in [0.05, 0.1) is 19.0 Å². The Bertz CT molecular complexity index is 800. The third-order valence-corrected chi connectivity index (χ3v) is 5.22. The summed E-state index contributed by atoms with van der Waals surface area (Å²) < 4.78 is 32.2. The summed E-state index contributed by atoms with van der Waals surface area (Å²) in [6, 6.07) is 4.66. The predicted molar refractivity (Wildman–Crippen MR) is 74.1 cm³/mol. The van der Waals surface area contributed by atoms with Crippen molar-refractivity contribution in [3.05, 3.63) is 29.4 Å². The first kappa shape index (κ1) is 15.0. The molecule has 2 aromatic rings. The molecule has 0 amide bonds. The van der Waals surface area contributed by atoms with Gasteiger partial charge in [0.15, 0.2) is 0 Å². The molecule has 2 aromatic heterocycles. The molecule has 21 heavy (non-hydrogen) atoms. The lowest BCUT2D eigenvalue weighted by molar-refractivity contribution is -0.141. The van der Waals surface area contributed by atoms with Crippen LogP contribution in [0.5, 0.6) is 0 Å². The minimum Gasteiger partial charge on any atom is -0.468 e. The molecule has 0 radical (unpaired) electrons. The second-order valence-corrected chi connectivity index (χ2v) is 6.83. The van der Waals surface area contributed by atoms with E-state index in [1.807, 2.05) is 6.07 Å². The molecule has 1 N–H and O–H groups in total. The molecule has 0 saturated heterocycles. The van der Waals surface area contributed by atoms with Crippen molar-refractivity contribution in [1.82, 2.24) is 9.78 Å². The Morgan fingerprint density at radius 2 is 2.33 bits per heavy atom. The van der Waals surface area contributed by atoms with Crippen LogP contribution in [0.4, 0.5) is 5.69 Å². The molecule has 0 aliphatic carbocycles. The lowest BCUT2D eigenvalue weighted by Gasteiger charge is -2.02. The number of nitrogens with zero attached hydrogens (tertiary/aromatic N) is 3. The Morgan fingerprint density at radius 3 is 2.95 bits per heavy atom. The van der Waals surface area contributed by atoms with Gasteiger partial charge in [-0.25, -0.2) is 8.42 Å². The van der Waals surface area contributed by atoms with E-state index < -0.39 is 16.0 Å². The molecule has 10 heteroatoms. The van der Waals surface area contributed by atoms with Crippen molar-refractivity contribution in [1.29, 1.82) is 5.26 Å². The quantitative estimate of drug-likeness (QED) is 0.813. The number of anilines is 1. The van der Waals surface area contributed by atoms with Crippen molar-refractivity contribution < 1.29 is 17.9 Å². The average molecular weight is 326 g/mol. The Labute approximate surface area is 124 Å². The number of nitrogens with one attached hydrogen (secondary N) is 1. The number of hydrogen-bond acceptors (Lipinski definition) is 7. The molecule has 0 unspecified atom stereocenters. The second kappa shape index (κ2) is 5.94. The number of sulfonamides is 1. The number of carbonyl (C=O) groups excluding carboxylic acids is 1. The van der Waals surface area contributed by atoms with E-state index in [1.165, 1.54) is 36.3 Å². The van der Waals surface area contributed by atoms with Crippen molar-refractivity contribution in [2.45, 2.75) is 10.8 Å². The van der Waals surface area contributed by atoms with E-state index >= 15 is 0 Å². The molecule has 0 aliphatic heterocycles. The molecule has 0 bridgehead atoms. The lowest BCUT2D eigenvalue weighted by Crippen LogP contribution is -2.12. The SMILES string of the molecule is COC(=O)Cn1cc(NS(=O)(=O)c2ccc(C#N)s2)cn1. The van der Waals surface area contributed by atoms with Gasteiger partial charge in [-0.3, -0.25) is 14.2 Å². The number of hydrogen-bond donors (Lipinski definition) is 1. The number of aromatic nitrogens is 2. The van der Waals surface area contributed by atoms with Crippen LogP contribution in [0.1, 0.15) is 4.88 Å². The Balaban J connectivity index is 2.14. The van der Waals surface area contributed by atoms with E-state index in [4.69, 9.17) is 5.26 Å². The molecule has 2 heterocycles. The zero-order valence-electron chi connectivity index (χ0n) is 10.8. The fraction of sp³-hybridized carbons (Fsp3) is 0.182. The van der Waals surface area contributed by atoms with Crippen molar-refractivity contribution in [3.8, 4) is 6.07 Å². The molecule has 0 aromatic carbocycles. The van der Waals surface area contributed by atoms with Gasteiger partial charge in [-0.15, -0.1) is 11.3 Å². The number of esters is 1. The average Bonchev–Trinajstić information content (AvgIpc) is 3.07. The third-order valence-electron chi connectivity index (χ3n) is 2.36. The van der Waals surface area contributed by atoms with Crippen molar-refractivity contribution in [3.63, 3.8) is 0 Å². The lowest BCUT2D eigenvalue weighted by atomic mass is 10.5. The summed E-state index contributed by atoms with van der Waals surface area (Å²) in [6.07, 6.45) is 2.65. The summed E-state index contributed by atoms with van der Waals surface area (Å²) in [7, 11) is -2.53. The highest BCUT2D eigenvalue weighted by molar-refractivity contribution is 7.94. The molecule has 0 atom stereocenters. The standard InChI is InChI=1S/C11H10N4O4S2/c1-19-10(16)7-15-6-8(5-13-15)14-21(17,18)11-3-2-9(4-12)20-11/h2-3,5-6,14H,7H2,1H3. The maximum atomic E-state index is 12.1. The molecule has 110 valence electrons. The highest BCUT2D eigenvalue weighted by Crippen LogP contribution is 2.23. The highest BCUT2D eigenvalue weighted by Gasteiger charge is 2.18. The summed E-state index contributed by atoms with van der Waals surface area (Å²) in [6.45, 7) is -0.115. The second-order valence-electron chi connectivity index (χ2n) is 3.84. The van der Waals surface area contributed by atoms with Gasteiger partial charge in [-0.2, -0.15) is 10.4 Å². The van der Waals surface area contributed by atoms with E-state index in [0.717, 1.165) is 11.3 Å². The van der Waals surface area contributed by atoms with E-state index in [0.29, 0.717) is 4.88 Å². The maximum Gasteiger partial charge on any atom is 0.327 e. The summed E-state index contributed by atoms with van der Waals surface area (Å²) in [5, 5.41) is 12.5. The summed E-state index contributed by atoms with van der Waals surface area (Å²) in [5.41, 5.74) is 0.214. The van der Waals surface area contributed by atoms with E-state index in [1.54, 1.807) is 0 Å². The van der Waals surface area contributed by atoms with Crippen LogP contribution in [-0.2, 0) is 26.1 Å². The zero-order valence-corrected chi connectivity index (χ0v) is 12.4. The molecular weight excluding hydrogens is 316 g/mol. The van der Waals surface area contributed by atoms with Gasteiger partial charge < -0.3 is 4.74 Å². The normalized spacial score (nSPS) is 10.9. The number of rotatable bonds is 5. The minimum absolute atomic E-state index is 0.0276. The van der Waals surface area contributed by atoms with Crippen LogP contribution in [0.3, 0.4) is 0 Å². The summed E-state index contributed by atoms with van der Waals surface area (Å²) in [5.74, 6) is -0.496. The van der Waals surface area contributed by atoms with E-state index in [2.05, 4.69) is 14.6 Å². The number of carbonyl (C=O) groups is 1. The van der Waals surface area contributed by atoms with Crippen molar-refractivity contribution >= 4 is 33.0 Å². The molecule has 2 rings (SSSR count). The monoisotopic (exact) mass is 326 g/mol. The molecular formula is C11H10N4O4S2. The van der Waals surface area contributed by atoms with Gasteiger partial charge in [-0.1, -0.05) is 0 Å². The van der Waals surface area contributed by atoms with Gasteiger partial charge in [0.25, 0.3) is 10.0 Å². The highest BCUT2D eigenvalue weighted by atomic mass is 32.2. The molecule has 0 spiro atoms. The number of nitriles is 1. The van der Waals surface area contributed by atoms with Gasteiger partial charge in [-0.05, 0) is 12.1 Å². The topological polar surface area (TPSA) is 114 Å². The van der Waals surface area contributed by atoms with E-state index in [-0.39, 0.29) is 16.4 Å². The first-order valence-corrected chi connectivity index (χ1v) is 7.86. The van der Waals surface area contributed by atoms with Crippen LogP contribution in [0, 0.1) is 11.3 Å². The Kier molecular flexibility index (Phi) is 4.25. The van der Waals surface area contributed by atoms with Gasteiger partial charge in [0.2, 0.25) is 0 Å². The van der Waals surface area contributed by atoms with Gasteiger partial charge in [0.1, 0.15) is 21.7 Å². The largest absolute Gasteiger partial charge is 0.468 e. The summed E-state index contributed by atoms with van der Waals surface area (Å²) in [4.78, 5) is 11.4. The van der Waals surface area contributed by atoms with Crippen molar-refractivity contribution in [2.75, 3.05) is 11.8 Å². The Hall–Kier alpha value is -2.38. The molecule has 8 nitrogen and oxygen atoms in total. The van der Waals surface area contributed by atoms with Crippen LogP contribution < -0.4 is 4.72 Å². The van der Waals surface area contributed by atoms with Crippen molar-refractivity contribution in [2.24, 2.45) is 0 Å².